The van der Waals surface area contributed by atoms with Crippen LogP contribution in [0, 0.1) is 0 Å². The van der Waals surface area contributed by atoms with E-state index in [0.29, 0.717) is 24.2 Å². The number of hydroxylamine groups is 4. The molecule has 5 unspecified atom stereocenters. The highest BCUT2D eigenvalue weighted by atomic mass is 79.9. The third kappa shape index (κ3) is 23.5. The van der Waals surface area contributed by atoms with Crippen LogP contribution in [0.15, 0.2) is 195 Å². The van der Waals surface area contributed by atoms with E-state index in [1.807, 2.05) is 97.6 Å². The van der Waals surface area contributed by atoms with Gasteiger partial charge in [-0.05, 0) is 208 Å². The van der Waals surface area contributed by atoms with Crippen molar-refractivity contribution < 1.29 is 33.3 Å². The number of ether oxygens (including phenoxy) is 2. The Balaban J connectivity index is 0.000000249. The Hall–Kier alpha value is -6.41. The Labute approximate surface area is 567 Å². The molecule has 0 amide bonds. The largest absolute Gasteiger partial charge is 0.461 e. The Morgan fingerprint density at radius 3 is 1.20 bits per heavy atom. The standard InChI is InChI=1S/C44H58N3O3.C31H38N2O3.C6H13Br/c1-6-7-8-15-29-46-30-23-37(24-31-46)41(50-47-43(2,3)25-16-26-44(47,4)5)33-39(36-21-27-45-28-22-36)32-40(35-17-11-9-12-18-35)34-49-42(48)38-19-13-10-14-20-38;1-30(2)18-11-19-31(3,4)33(30)36-28(25-16-20-32-21-17-25)22-27(24-12-7-5-8-13-24)23-35-29(34)26-14-9-6-10-15-26;1-2-3-4-5-6-7/h9-14,17-24,27-28,30-31,39-41H,6-8,15-16,25-26,29,32-34H2,1-5H3;5-10,12-17,20-21,27-28H,11,18-19,22-23H2,1-4H3;2-6H2,1H3/q+1;;. The van der Waals surface area contributed by atoms with Crippen molar-refractivity contribution in [2.45, 2.75) is 237 Å². The summed E-state index contributed by atoms with van der Waals surface area (Å²) in [5, 5.41) is 5.69. The van der Waals surface area contributed by atoms with Gasteiger partial charge in [0.1, 0.15) is 18.8 Å². The molecule has 5 heterocycles. The number of benzene rings is 4. The third-order valence-electron chi connectivity index (χ3n) is 18.6. The van der Waals surface area contributed by atoms with Gasteiger partial charge in [-0.3, -0.25) is 19.6 Å². The van der Waals surface area contributed by atoms with Gasteiger partial charge in [-0.15, -0.1) is 0 Å². The molecule has 93 heavy (non-hydrogen) atoms. The summed E-state index contributed by atoms with van der Waals surface area (Å²) in [4.78, 5) is 48.6. The first-order chi connectivity index (χ1) is 44.8. The quantitative estimate of drug-likeness (QED) is 0.0187. The fourth-order valence-electron chi connectivity index (χ4n) is 13.5. The van der Waals surface area contributed by atoms with Crippen molar-refractivity contribution in [1.82, 2.24) is 20.1 Å². The summed E-state index contributed by atoms with van der Waals surface area (Å²) in [6, 6.07) is 51.9. The fraction of sp³-hybridized carbons (Fsp3) is 0.494. The minimum atomic E-state index is -0.309. The summed E-state index contributed by atoms with van der Waals surface area (Å²) < 4.78 is 14.2. The van der Waals surface area contributed by atoms with Crippen LogP contribution in [-0.4, -0.2) is 72.7 Å². The topological polar surface area (TPSA) is 107 Å². The van der Waals surface area contributed by atoms with E-state index in [1.165, 1.54) is 80.7 Å². The number of alkyl halides is 1. The number of aromatic nitrogens is 3. The summed E-state index contributed by atoms with van der Waals surface area (Å²) in [6.07, 6.45) is 30.8. The average molecular weight is 1330 g/mol. The van der Waals surface area contributed by atoms with Crippen molar-refractivity contribution in [3.63, 3.8) is 0 Å². The van der Waals surface area contributed by atoms with Crippen LogP contribution in [0.1, 0.15) is 257 Å². The molecule has 2 saturated heterocycles. The second-order valence-corrected chi connectivity index (χ2v) is 28.8. The van der Waals surface area contributed by atoms with E-state index >= 15 is 0 Å². The van der Waals surface area contributed by atoms with Crippen LogP contribution in [0.4, 0.5) is 0 Å². The van der Waals surface area contributed by atoms with Gasteiger partial charge in [0, 0.05) is 82.7 Å². The van der Waals surface area contributed by atoms with Gasteiger partial charge in [0.25, 0.3) is 0 Å². The van der Waals surface area contributed by atoms with Crippen LogP contribution in [0.3, 0.4) is 0 Å². The molecule has 0 saturated carbocycles. The Morgan fingerprint density at radius 1 is 0.441 bits per heavy atom. The molecule has 11 nitrogen and oxygen atoms in total. The highest BCUT2D eigenvalue weighted by Crippen LogP contribution is 2.46. The minimum absolute atomic E-state index is 0.00778. The Bertz CT molecular complexity index is 3160. The van der Waals surface area contributed by atoms with Gasteiger partial charge in [-0.2, -0.15) is 10.1 Å². The molecular formula is C81H109BrN5O6+. The molecular weight excluding hydrogens is 1220 g/mol. The molecule has 3 aromatic heterocycles. The highest BCUT2D eigenvalue weighted by Gasteiger charge is 2.46. The van der Waals surface area contributed by atoms with Gasteiger partial charge in [-0.25, -0.2) is 14.2 Å². The summed E-state index contributed by atoms with van der Waals surface area (Å²) in [6.45, 7) is 24.4. The normalized spacial score (nSPS) is 17.4. The number of hydrogen-bond donors (Lipinski definition) is 0. The van der Waals surface area contributed by atoms with Gasteiger partial charge >= 0.3 is 11.9 Å². The number of halogens is 1. The number of aryl methyl sites for hydroxylation is 1. The van der Waals surface area contributed by atoms with Crippen LogP contribution in [-0.2, 0) is 25.7 Å². The van der Waals surface area contributed by atoms with Crippen molar-refractivity contribution in [3.05, 3.63) is 234 Å². The van der Waals surface area contributed by atoms with Crippen molar-refractivity contribution in [1.29, 1.82) is 0 Å². The lowest BCUT2D eigenvalue weighted by Crippen LogP contribution is -2.58. The lowest BCUT2D eigenvalue weighted by molar-refractivity contribution is -0.697. The Morgan fingerprint density at radius 2 is 0.796 bits per heavy atom. The highest BCUT2D eigenvalue weighted by molar-refractivity contribution is 9.09. The molecule has 5 atom stereocenters. The van der Waals surface area contributed by atoms with Crippen LogP contribution in [0.25, 0.3) is 0 Å². The molecule has 2 aliphatic rings. The Kier molecular flexibility index (Phi) is 29.9. The molecule has 0 bridgehead atoms. The number of rotatable bonds is 30. The first-order valence-electron chi connectivity index (χ1n) is 34.7. The smallest absolute Gasteiger partial charge is 0.338 e. The SMILES string of the molecule is CC1(C)CCCC(C)(C)N1OC(CC(COC(=O)c1ccccc1)c1ccccc1)c1ccncc1.CCCCCCBr.CCCCCC[n+]1ccc(C(CC(CC(COC(=O)c2ccccc2)c2ccccc2)c2ccncc2)ON2C(C)(C)CCCC2(C)C)cc1. The van der Waals surface area contributed by atoms with Gasteiger partial charge in [0.2, 0.25) is 0 Å². The number of carbonyl (C=O) groups excluding carboxylic acids is 2. The van der Waals surface area contributed by atoms with Gasteiger partial charge in [0.05, 0.1) is 24.3 Å². The first kappa shape index (κ1) is 74.0. The van der Waals surface area contributed by atoms with Crippen LogP contribution < -0.4 is 4.57 Å². The molecule has 2 fully saturated rings. The summed E-state index contributed by atoms with van der Waals surface area (Å²) in [7, 11) is 0. The summed E-state index contributed by atoms with van der Waals surface area (Å²) in [5.74, 6) is -0.535. The predicted octanol–water partition coefficient (Wildman–Crippen LogP) is 20.3. The molecule has 9 rings (SSSR count). The lowest BCUT2D eigenvalue weighted by atomic mass is 9.81. The zero-order valence-corrected chi connectivity index (χ0v) is 59.4. The number of carbonyl (C=O) groups is 2. The van der Waals surface area contributed by atoms with E-state index in [-0.39, 0.29) is 70.7 Å². The fourth-order valence-corrected chi connectivity index (χ4v) is 13.9. The van der Waals surface area contributed by atoms with E-state index < -0.39 is 0 Å². The minimum Gasteiger partial charge on any atom is -0.461 e. The van der Waals surface area contributed by atoms with Gasteiger partial charge < -0.3 is 9.47 Å². The zero-order chi connectivity index (χ0) is 66.5. The molecule has 12 heteroatoms. The lowest BCUT2D eigenvalue weighted by Gasteiger charge is -2.52. The number of pyridine rings is 3. The maximum atomic E-state index is 13.1. The summed E-state index contributed by atoms with van der Waals surface area (Å²) >= 11 is 3.38. The van der Waals surface area contributed by atoms with E-state index in [0.717, 1.165) is 61.8 Å². The second-order valence-electron chi connectivity index (χ2n) is 28.0. The van der Waals surface area contributed by atoms with Crippen molar-refractivity contribution >= 4 is 27.9 Å². The molecule has 0 aliphatic carbocycles. The maximum absolute atomic E-state index is 13.1. The molecule has 0 spiro atoms. The van der Waals surface area contributed by atoms with E-state index in [2.05, 4.69) is 183 Å². The molecule has 7 aromatic rings. The maximum Gasteiger partial charge on any atom is 0.338 e. The number of hydrogen-bond acceptors (Lipinski definition) is 10. The van der Waals surface area contributed by atoms with Gasteiger partial charge in [0.15, 0.2) is 12.4 Å². The zero-order valence-electron chi connectivity index (χ0n) is 57.8. The van der Waals surface area contributed by atoms with E-state index in [4.69, 9.17) is 19.1 Å². The van der Waals surface area contributed by atoms with Crippen molar-refractivity contribution in [2.75, 3.05) is 18.5 Å². The monoisotopic (exact) mass is 1330 g/mol. The molecule has 0 N–H and O–H groups in total. The first-order valence-corrected chi connectivity index (χ1v) is 35.8. The predicted molar refractivity (Wildman–Crippen MR) is 381 cm³/mol. The van der Waals surface area contributed by atoms with Crippen LogP contribution in [0.2, 0.25) is 0 Å². The molecule has 0 radical (unpaired) electrons. The number of esters is 2. The van der Waals surface area contributed by atoms with Crippen LogP contribution >= 0.6 is 15.9 Å². The summed E-state index contributed by atoms with van der Waals surface area (Å²) in [5.41, 5.74) is 6.49. The average Bonchev–Trinajstić information content (AvgIpc) is 0.819. The van der Waals surface area contributed by atoms with E-state index in [9.17, 15) is 9.59 Å². The van der Waals surface area contributed by atoms with Crippen LogP contribution in [0.5, 0.6) is 0 Å². The third-order valence-corrected chi connectivity index (χ3v) is 19.1. The van der Waals surface area contributed by atoms with E-state index in [1.54, 1.807) is 24.3 Å². The number of unbranched alkanes of at least 4 members (excludes halogenated alkanes) is 6. The second kappa shape index (κ2) is 37.6. The number of piperidine rings is 2. The number of nitrogens with zero attached hydrogens (tertiary/aromatic N) is 5. The van der Waals surface area contributed by atoms with Crippen molar-refractivity contribution in [2.24, 2.45) is 0 Å². The van der Waals surface area contributed by atoms with Crippen molar-refractivity contribution in [3.8, 4) is 0 Å². The molecule has 500 valence electrons. The van der Waals surface area contributed by atoms with Gasteiger partial charge in [-0.1, -0.05) is 159 Å². The molecule has 2 aliphatic heterocycles. The molecule has 4 aromatic carbocycles.